The van der Waals surface area contributed by atoms with Crippen molar-refractivity contribution in [3.63, 3.8) is 0 Å². The number of imidazole rings is 1. The van der Waals surface area contributed by atoms with E-state index in [0.29, 0.717) is 19.6 Å². The molecular weight excluding hydrogens is 446 g/mol. The van der Waals surface area contributed by atoms with Gasteiger partial charge in [0.1, 0.15) is 18.3 Å². The Morgan fingerprint density at radius 3 is 2.51 bits per heavy atom. The fraction of sp³-hybridized carbons (Fsp3) is 0.400. The summed E-state index contributed by atoms with van der Waals surface area (Å²) in [5.41, 5.74) is 2.76. The number of rotatable bonds is 6. The van der Waals surface area contributed by atoms with Crippen LogP contribution in [0.25, 0.3) is 11.2 Å². The van der Waals surface area contributed by atoms with E-state index in [1.165, 1.54) is 5.69 Å². The Labute approximate surface area is 203 Å². The van der Waals surface area contributed by atoms with E-state index in [1.54, 1.807) is 18.9 Å². The number of nitrogens with zero attached hydrogens (tertiary/aromatic N) is 7. The molecule has 1 N–H and O–H groups in total. The minimum absolute atomic E-state index is 0.0519. The van der Waals surface area contributed by atoms with Gasteiger partial charge in [0, 0.05) is 45.0 Å². The van der Waals surface area contributed by atoms with E-state index >= 15 is 0 Å². The van der Waals surface area contributed by atoms with Gasteiger partial charge in [-0.25, -0.2) is 15.0 Å². The zero-order chi connectivity index (χ0) is 23.6. The fourth-order valence-electron chi connectivity index (χ4n) is 4.99. The average Bonchev–Trinajstić information content (AvgIpc) is 3.59. The molecule has 0 unspecified atom stereocenters. The third-order valence-corrected chi connectivity index (χ3v) is 6.74. The van der Waals surface area contributed by atoms with Crippen molar-refractivity contribution in [1.29, 1.82) is 0 Å². The van der Waals surface area contributed by atoms with Crippen molar-refractivity contribution in [2.45, 2.75) is 18.9 Å². The van der Waals surface area contributed by atoms with Crippen LogP contribution in [0.4, 0.5) is 11.5 Å². The molecule has 2 atom stereocenters. The van der Waals surface area contributed by atoms with Gasteiger partial charge < -0.3 is 24.1 Å². The van der Waals surface area contributed by atoms with Crippen molar-refractivity contribution in [1.82, 2.24) is 24.4 Å². The van der Waals surface area contributed by atoms with Crippen molar-refractivity contribution in [2.75, 3.05) is 55.7 Å². The highest BCUT2D eigenvalue weighted by Crippen LogP contribution is 2.29. The fourth-order valence-corrected chi connectivity index (χ4v) is 4.99. The predicted molar refractivity (Wildman–Crippen MR) is 131 cm³/mol. The van der Waals surface area contributed by atoms with E-state index in [1.807, 2.05) is 22.8 Å². The molecular formula is C25H29N7O3. The number of anilines is 2. The molecule has 3 aromatic heterocycles. The second kappa shape index (κ2) is 9.65. The highest BCUT2D eigenvalue weighted by molar-refractivity contribution is 5.83. The van der Waals surface area contributed by atoms with Crippen molar-refractivity contribution < 1.29 is 14.3 Å². The van der Waals surface area contributed by atoms with Gasteiger partial charge in [-0.1, -0.05) is 18.2 Å². The second-order valence-electron chi connectivity index (χ2n) is 9.00. The van der Waals surface area contributed by atoms with Gasteiger partial charge in [0.2, 0.25) is 0 Å². The van der Waals surface area contributed by atoms with Crippen LogP contribution in [-0.4, -0.2) is 81.5 Å². The topological polar surface area (TPSA) is 95.9 Å². The SMILES string of the molecule is OC[C@@H]1CN(Cc2ccco2)C[C@H](n2cnc3c(N4CCN(c5ccccc5)CC4)ncnc32)O1. The quantitative estimate of drug-likeness (QED) is 0.450. The number of para-hydroxylation sites is 1. The standard InChI is InChI=1S/C25H29N7O3/c33-16-21-14-29(13-20-7-4-12-34-20)15-22(35-21)32-18-28-23-24(26-17-27-25(23)32)31-10-8-30(9-11-31)19-5-2-1-3-6-19/h1-7,12,17-18,21-22,33H,8-11,13-16H2/t21-,22+/m0/s1. The lowest BCUT2D eigenvalue weighted by Gasteiger charge is -2.37. The third-order valence-electron chi connectivity index (χ3n) is 6.74. The molecule has 1 aromatic carbocycles. The Bertz CT molecular complexity index is 1240. The van der Waals surface area contributed by atoms with E-state index < -0.39 is 0 Å². The lowest BCUT2D eigenvalue weighted by molar-refractivity contribution is -0.136. The van der Waals surface area contributed by atoms with E-state index in [0.717, 1.165) is 48.9 Å². The molecule has 10 heteroatoms. The van der Waals surface area contributed by atoms with Crippen molar-refractivity contribution in [3.05, 3.63) is 67.1 Å². The highest BCUT2D eigenvalue weighted by atomic mass is 16.5. The van der Waals surface area contributed by atoms with Gasteiger partial charge in [-0.15, -0.1) is 0 Å². The number of fused-ring (bicyclic) bond motifs is 1. The Balaban J connectivity index is 1.21. The summed E-state index contributed by atoms with van der Waals surface area (Å²) in [7, 11) is 0. The number of benzene rings is 1. The predicted octanol–water partition coefficient (Wildman–Crippen LogP) is 2.14. The maximum absolute atomic E-state index is 9.85. The maximum Gasteiger partial charge on any atom is 0.167 e. The monoisotopic (exact) mass is 475 g/mol. The Hall–Kier alpha value is -3.47. The maximum atomic E-state index is 9.85. The van der Waals surface area contributed by atoms with Crippen LogP contribution in [0.3, 0.4) is 0 Å². The van der Waals surface area contributed by atoms with E-state index in [2.05, 4.69) is 48.9 Å². The number of piperazine rings is 1. The summed E-state index contributed by atoms with van der Waals surface area (Å²) in [5.74, 6) is 1.74. The summed E-state index contributed by atoms with van der Waals surface area (Å²) in [4.78, 5) is 20.8. The first-order chi connectivity index (χ1) is 17.3. The van der Waals surface area contributed by atoms with Crippen molar-refractivity contribution in [2.24, 2.45) is 0 Å². The molecule has 35 heavy (non-hydrogen) atoms. The zero-order valence-corrected chi connectivity index (χ0v) is 19.5. The average molecular weight is 476 g/mol. The number of ether oxygens (including phenoxy) is 1. The van der Waals surface area contributed by atoms with Crippen LogP contribution >= 0.6 is 0 Å². The highest BCUT2D eigenvalue weighted by Gasteiger charge is 2.31. The smallest absolute Gasteiger partial charge is 0.167 e. The van der Waals surface area contributed by atoms with Crippen LogP contribution in [0.1, 0.15) is 12.0 Å². The largest absolute Gasteiger partial charge is 0.468 e. The summed E-state index contributed by atoms with van der Waals surface area (Å²) in [5, 5.41) is 9.85. The first kappa shape index (κ1) is 22.0. The van der Waals surface area contributed by atoms with Gasteiger partial charge in [-0.05, 0) is 24.3 Å². The molecule has 0 amide bonds. The summed E-state index contributed by atoms with van der Waals surface area (Å²) >= 11 is 0. The van der Waals surface area contributed by atoms with Crippen LogP contribution in [-0.2, 0) is 11.3 Å². The number of aliphatic hydroxyl groups is 1. The normalized spacial score (nSPS) is 21.6. The van der Waals surface area contributed by atoms with Crippen LogP contribution in [0, 0.1) is 0 Å². The minimum Gasteiger partial charge on any atom is -0.468 e. The molecule has 0 radical (unpaired) electrons. The molecule has 10 nitrogen and oxygen atoms in total. The molecule has 2 saturated heterocycles. The molecule has 0 saturated carbocycles. The minimum atomic E-state index is -0.321. The van der Waals surface area contributed by atoms with Gasteiger partial charge in [0.15, 0.2) is 17.0 Å². The third kappa shape index (κ3) is 4.47. The Morgan fingerprint density at radius 1 is 0.914 bits per heavy atom. The van der Waals surface area contributed by atoms with Crippen LogP contribution < -0.4 is 9.80 Å². The number of aliphatic hydroxyl groups excluding tert-OH is 1. The van der Waals surface area contributed by atoms with Gasteiger partial charge in [-0.3, -0.25) is 9.47 Å². The van der Waals surface area contributed by atoms with Gasteiger partial charge in [-0.2, -0.15) is 0 Å². The first-order valence-corrected chi connectivity index (χ1v) is 12.0. The molecule has 0 aliphatic carbocycles. The van der Waals surface area contributed by atoms with Crippen LogP contribution in [0.2, 0.25) is 0 Å². The van der Waals surface area contributed by atoms with E-state index in [4.69, 9.17) is 14.1 Å². The Kier molecular flexibility index (Phi) is 6.07. The lowest BCUT2D eigenvalue weighted by Crippen LogP contribution is -2.47. The summed E-state index contributed by atoms with van der Waals surface area (Å²) in [6.45, 7) is 5.42. The molecule has 5 heterocycles. The van der Waals surface area contributed by atoms with Gasteiger partial charge in [0.25, 0.3) is 0 Å². The number of furan rings is 1. The molecule has 182 valence electrons. The second-order valence-corrected chi connectivity index (χ2v) is 9.00. The summed E-state index contributed by atoms with van der Waals surface area (Å²) < 4.78 is 13.7. The number of morpholine rings is 1. The molecule has 6 rings (SSSR count). The molecule has 2 aliphatic heterocycles. The van der Waals surface area contributed by atoms with Gasteiger partial charge in [0.05, 0.1) is 31.8 Å². The molecule has 0 bridgehead atoms. The molecule has 0 spiro atoms. The summed E-state index contributed by atoms with van der Waals surface area (Å²) in [6.07, 6.45) is 4.44. The zero-order valence-electron chi connectivity index (χ0n) is 19.5. The van der Waals surface area contributed by atoms with Crippen LogP contribution in [0.5, 0.6) is 0 Å². The molecule has 2 fully saturated rings. The number of aromatic nitrogens is 4. The number of hydrogen-bond donors (Lipinski definition) is 1. The van der Waals surface area contributed by atoms with E-state index in [-0.39, 0.29) is 18.9 Å². The van der Waals surface area contributed by atoms with Crippen molar-refractivity contribution in [3.8, 4) is 0 Å². The molecule has 4 aromatic rings. The van der Waals surface area contributed by atoms with Crippen LogP contribution in [0.15, 0.2) is 65.8 Å². The first-order valence-electron chi connectivity index (χ1n) is 12.0. The molecule has 2 aliphatic rings. The van der Waals surface area contributed by atoms with Crippen molar-refractivity contribution >= 4 is 22.7 Å². The van der Waals surface area contributed by atoms with Gasteiger partial charge >= 0.3 is 0 Å². The number of hydrogen-bond acceptors (Lipinski definition) is 9. The lowest BCUT2D eigenvalue weighted by atomic mass is 10.2. The summed E-state index contributed by atoms with van der Waals surface area (Å²) in [6, 6.07) is 14.3. The Morgan fingerprint density at radius 2 is 1.74 bits per heavy atom. The van der Waals surface area contributed by atoms with E-state index in [9.17, 15) is 5.11 Å².